The van der Waals surface area contributed by atoms with Gasteiger partial charge in [0.1, 0.15) is 0 Å². The molecular formula is C15H17N3O2. The molecule has 0 spiro atoms. The first-order valence-electron chi connectivity index (χ1n) is 6.35. The van der Waals surface area contributed by atoms with Crippen LogP contribution in [0.4, 0.5) is 5.69 Å². The Kier molecular flexibility index (Phi) is 3.98. The summed E-state index contributed by atoms with van der Waals surface area (Å²) in [6.07, 6.45) is 3.68. The largest absolute Gasteiger partial charge is 0.325 e. The molecule has 2 rings (SSSR count). The molecule has 0 radical (unpaired) electrons. The number of carbonyl (C=O) groups excluding carboxylic acids is 2. The number of aromatic nitrogens is 2. The quantitative estimate of drug-likeness (QED) is 0.866. The molecule has 1 N–H and O–H groups in total. The summed E-state index contributed by atoms with van der Waals surface area (Å²) in [7, 11) is 1.80. The van der Waals surface area contributed by atoms with Gasteiger partial charge in [0, 0.05) is 18.8 Å². The molecule has 0 aliphatic heterocycles. The van der Waals surface area contributed by atoms with Crippen molar-refractivity contribution < 1.29 is 9.59 Å². The van der Waals surface area contributed by atoms with Gasteiger partial charge in [-0.3, -0.25) is 14.3 Å². The molecule has 0 atom stereocenters. The number of rotatable bonds is 4. The van der Waals surface area contributed by atoms with E-state index in [1.165, 1.54) is 6.92 Å². The number of hydrogen-bond acceptors (Lipinski definition) is 3. The van der Waals surface area contributed by atoms with Crippen molar-refractivity contribution in [3.8, 4) is 0 Å². The van der Waals surface area contributed by atoms with Crippen LogP contribution >= 0.6 is 0 Å². The third-order valence-corrected chi connectivity index (χ3v) is 3.02. The van der Waals surface area contributed by atoms with E-state index in [-0.39, 0.29) is 18.1 Å². The van der Waals surface area contributed by atoms with Crippen LogP contribution in [0.25, 0.3) is 0 Å². The minimum absolute atomic E-state index is 0.0558. The molecule has 1 aromatic heterocycles. The summed E-state index contributed by atoms with van der Waals surface area (Å²) in [6, 6.07) is 5.42. The van der Waals surface area contributed by atoms with Crippen LogP contribution < -0.4 is 5.32 Å². The Morgan fingerprint density at radius 3 is 2.70 bits per heavy atom. The molecule has 0 aliphatic carbocycles. The lowest BCUT2D eigenvalue weighted by Crippen LogP contribution is -2.16. The number of nitrogens with zero attached hydrogens (tertiary/aromatic N) is 2. The molecule has 1 amide bonds. The van der Waals surface area contributed by atoms with Gasteiger partial charge in [0.05, 0.1) is 18.3 Å². The van der Waals surface area contributed by atoms with Crippen molar-refractivity contribution in [3.63, 3.8) is 0 Å². The lowest BCUT2D eigenvalue weighted by molar-refractivity contribution is -0.115. The Morgan fingerprint density at radius 1 is 1.35 bits per heavy atom. The second-order valence-electron chi connectivity index (χ2n) is 4.80. The molecule has 0 aliphatic rings. The smallest absolute Gasteiger partial charge is 0.228 e. The molecule has 1 aromatic carbocycles. The molecule has 0 saturated heterocycles. The standard InChI is InChI=1S/C15H17N3O2/c1-10-5-4-6-13(15(10)11(2)19)17-14(20)7-12-8-16-18(3)9-12/h4-6,8-9H,7H2,1-3H3,(H,17,20). The van der Waals surface area contributed by atoms with Crippen molar-refractivity contribution in [3.05, 3.63) is 47.3 Å². The number of hydrogen-bond donors (Lipinski definition) is 1. The van der Waals surface area contributed by atoms with Gasteiger partial charge in [-0.15, -0.1) is 0 Å². The summed E-state index contributed by atoms with van der Waals surface area (Å²) in [5.41, 5.74) is 2.82. The summed E-state index contributed by atoms with van der Waals surface area (Å²) in [5.74, 6) is -0.217. The fourth-order valence-electron chi connectivity index (χ4n) is 2.18. The number of anilines is 1. The maximum atomic E-state index is 12.0. The first kappa shape index (κ1) is 14.0. The highest BCUT2D eigenvalue weighted by molar-refractivity contribution is 6.05. The average Bonchev–Trinajstić information content (AvgIpc) is 2.74. The van der Waals surface area contributed by atoms with E-state index < -0.39 is 0 Å². The number of Topliss-reactive ketones (excluding diaryl/α,β-unsaturated/α-hetero) is 1. The SMILES string of the molecule is CC(=O)c1c(C)cccc1NC(=O)Cc1cnn(C)c1. The number of carbonyl (C=O) groups is 2. The average molecular weight is 271 g/mol. The van der Waals surface area contributed by atoms with Gasteiger partial charge in [0.2, 0.25) is 5.91 Å². The summed E-state index contributed by atoms with van der Waals surface area (Å²) in [4.78, 5) is 23.7. The number of amides is 1. The predicted molar refractivity (Wildman–Crippen MR) is 76.7 cm³/mol. The minimum atomic E-state index is -0.161. The topological polar surface area (TPSA) is 64.0 Å². The molecule has 0 saturated carbocycles. The van der Waals surface area contributed by atoms with Gasteiger partial charge < -0.3 is 5.32 Å². The van der Waals surface area contributed by atoms with Crippen LogP contribution in [0, 0.1) is 6.92 Å². The van der Waals surface area contributed by atoms with Gasteiger partial charge in [-0.25, -0.2) is 0 Å². The Bertz CT molecular complexity index is 659. The normalized spacial score (nSPS) is 10.3. The first-order valence-corrected chi connectivity index (χ1v) is 6.35. The molecule has 2 aromatic rings. The van der Waals surface area contributed by atoms with Crippen molar-refractivity contribution >= 4 is 17.4 Å². The first-order chi connectivity index (χ1) is 9.47. The molecule has 20 heavy (non-hydrogen) atoms. The Labute approximate surface area is 117 Å². The Balaban J connectivity index is 2.16. The molecular weight excluding hydrogens is 254 g/mol. The summed E-state index contributed by atoms with van der Waals surface area (Å²) < 4.78 is 1.65. The van der Waals surface area contributed by atoms with Crippen LogP contribution in [0.2, 0.25) is 0 Å². The van der Waals surface area contributed by atoms with Gasteiger partial charge >= 0.3 is 0 Å². The van der Waals surface area contributed by atoms with Gasteiger partial charge in [-0.1, -0.05) is 12.1 Å². The monoisotopic (exact) mass is 271 g/mol. The van der Waals surface area contributed by atoms with Crippen LogP contribution in [0.3, 0.4) is 0 Å². The maximum absolute atomic E-state index is 12.0. The second-order valence-corrected chi connectivity index (χ2v) is 4.80. The molecule has 104 valence electrons. The lowest BCUT2D eigenvalue weighted by Gasteiger charge is -2.11. The van der Waals surface area contributed by atoms with Crippen LogP contribution in [-0.4, -0.2) is 21.5 Å². The van der Waals surface area contributed by atoms with Gasteiger partial charge in [-0.05, 0) is 31.0 Å². The summed E-state index contributed by atoms with van der Waals surface area (Å²) >= 11 is 0. The number of benzene rings is 1. The fraction of sp³-hybridized carbons (Fsp3) is 0.267. The van der Waals surface area contributed by atoms with Crippen LogP contribution in [0.1, 0.15) is 28.4 Å². The molecule has 0 bridgehead atoms. The molecule has 5 nitrogen and oxygen atoms in total. The highest BCUT2D eigenvalue weighted by Crippen LogP contribution is 2.20. The molecule has 0 unspecified atom stereocenters. The summed E-state index contributed by atoms with van der Waals surface area (Å²) in [6.45, 7) is 3.35. The van der Waals surface area contributed by atoms with Crippen molar-refractivity contribution in [2.75, 3.05) is 5.32 Å². The third-order valence-electron chi connectivity index (χ3n) is 3.02. The van der Waals surface area contributed by atoms with Crippen LogP contribution in [-0.2, 0) is 18.3 Å². The highest BCUT2D eigenvalue weighted by Gasteiger charge is 2.13. The van der Waals surface area contributed by atoms with E-state index in [9.17, 15) is 9.59 Å². The fourth-order valence-corrected chi connectivity index (χ4v) is 2.18. The van der Waals surface area contributed by atoms with Gasteiger partial charge in [0.15, 0.2) is 5.78 Å². The highest BCUT2D eigenvalue weighted by atomic mass is 16.1. The van der Waals surface area contributed by atoms with Crippen molar-refractivity contribution in [1.82, 2.24) is 9.78 Å². The van der Waals surface area contributed by atoms with Crippen LogP contribution in [0.15, 0.2) is 30.6 Å². The maximum Gasteiger partial charge on any atom is 0.228 e. The molecule has 1 heterocycles. The zero-order valence-corrected chi connectivity index (χ0v) is 11.8. The lowest BCUT2D eigenvalue weighted by atomic mass is 10.0. The molecule has 0 fully saturated rings. The van der Waals surface area contributed by atoms with E-state index in [1.54, 1.807) is 30.2 Å². The zero-order chi connectivity index (χ0) is 14.7. The van der Waals surface area contributed by atoms with Crippen molar-refractivity contribution in [2.24, 2.45) is 7.05 Å². The van der Waals surface area contributed by atoms with E-state index >= 15 is 0 Å². The molecule has 5 heteroatoms. The van der Waals surface area contributed by atoms with E-state index in [4.69, 9.17) is 0 Å². The zero-order valence-electron chi connectivity index (χ0n) is 11.8. The van der Waals surface area contributed by atoms with Gasteiger partial charge in [-0.2, -0.15) is 5.10 Å². The van der Waals surface area contributed by atoms with Crippen molar-refractivity contribution in [1.29, 1.82) is 0 Å². The third kappa shape index (κ3) is 3.12. The van der Waals surface area contributed by atoms with E-state index in [2.05, 4.69) is 10.4 Å². The van der Waals surface area contributed by atoms with E-state index in [0.29, 0.717) is 11.3 Å². The number of ketones is 1. The van der Waals surface area contributed by atoms with Crippen LogP contribution in [0.5, 0.6) is 0 Å². The Morgan fingerprint density at radius 2 is 2.10 bits per heavy atom. The van der Waals surface area contributed by atoms with Crippen molar-refractivity contribution in [2.45, 2.75) is 20.3 Å². The van der Waals surface area contributed by atoms with E-state index in [1.807, 2.05) is 19.1 Å². The number of aryl methyl sites for hydroxylation is 2. The van der Waals surface area contributed by atoms with E-state index in [0.717, 1.165) is 11.1 Å². The number of nitrogens with one attached hydrogen (secondary N) is 1. The van der Waals surface area contributed by atoms with Gasteiger partial charge in [0.25, 0.3) is 0 Å². The predicted octanol–water partition coefficient (Wildman–Crippen LogP) is 2.11. The summed E-state index contributed by atoms with van der Waals surface area (Å²) in [5, 5.41) is 6.81. The minimum Gasteiger partial charge on any atom is -0.325 e. The Hall–Kier alpha value is -2.43. The second kappa shape index (κ2) is 5.69.